The van der Waals surface area contributed by atoms with Crippen molar-refractivity contribution in [3.8, 4) is 0 Å². The maximum absolute atomic E-state index is 2.59. The van der Waals surface area contributed by atoms with Crippen molar-refractivity contribution in [2.45, 2.75) is 69.6 Å². The zero-order chi connectivity index (χ0) is 10.3. The minimum atomic E-state index is -0.948. The summed E-state index contributed by atoms with van der Waals surface area (Å²) in [6, 6.07) is 0. The van der Waals surface area contributed by atoms with Crippen LogP contribution in [0.1, 0.15) is 25.7 Å². The first-order chi connectivity index (χ1) is 5.71. The lowest BCUT2D eigenvalue weighted by Gasteiger charge is -2.49. The molecule has 1 rings (SSSR count). The molecule has 0 bridgehead atoms. The van der Waals surface area contributed by atoms with Crippen LogP contribution in [0.25, 0.3) is 0 Å². The molecule has 0 aliphatic heterocycles. The van der Waals surface area contributed by atoms with Gasteiger partial charge >= 0.3 is 0 Å². The Balaban J connectivity index is 3.02. The van der Waals surface area contributed by atoms with Crippen molar-refractivity contribution in [2.75, 3.05) is 0 Å². The Labute approximate surface area is 86.1 Å². The van der Waals surface area contributed by atoms with Crippen molar-refractivity contribution in [1.29, 1.82) is 0 Å². The Morgan fingerprint density at radius 1 is 0.692 bits per heavy atom. The van der Waals surface area contributed by atoms with Crippen molar-refractivity contribution in [2.24, 2.45) is 0 Å². The molecule has 0 aromatic heterocycles. The molecule has 13 heavy (non-hydrogen) atoms. The van der Waals surface area contributed by atoms with Gasteiger partial charge in [-0.1, -0.05) is 65.0 Å². The Bertz CT molecular complexity index is 161. The van der Waals surface area contributed by atoms with Crippen molar-refractivity contribution in [1.82, 2.24) is 0 Å². The normalized spacial score (nSPS) is 23.5. The van der Waals surface area contributed by atoms with E-state index in [4.69, 9.17) is 0 Å². The summed E-state index contributed by atoms with van der Waals surface area (Å²) in [7, 11) is -1.90. The highest BCUT2D eigenvalue weighted by molar-refractivity contribution is 6.98. The van der Waals surface area contributed by atoms with E-state index in [0.717, 1.165) is 4.66 Å². The molecule has 0 nitrogen and oxygen atoms in total. The largest absolute Gasteiger partial charge is 0.0694 e. The molecule has 1 aliphatic carbocycles. The van der Waals surface area contributed by atoms with Crippen LogP contribution >= 0.6 is 0 Å². The van der Waals surface area contributed by atoms with Crippen molar-refractivity contribution in [3.05, 3.63) is 0 Å². The number of hydrogen-bond acceptors (Lipinski definition) is 0. The molecule has 78 valence electrons. The third kappa shape index (κ3) is 1.80. The lowest BCUT2D eigenvalue weighted by Crippen LogP contribution is -2.52. The van der Waals surface area contributed by atoms with Gasteiger partial charge < -0.3 is 0 Å². The van der Waals surface area contributed by atoms with Gasteiger partial charge in [0, 0.05) is 16.1 Å². The average molecular weight is 215 g/mol. The van der Waals surface area contributed by atoms with Gasteiger partial charge in [0.15, 0.2) is 0 Å². The first-order valence-corrected chi connectivity index (χ1v) is 12.7. The van der Waals surface area contributed by atoms with Crippen LogP contribution in [0.3, 0.4) is 0 Å². The first kappa shape index (κ1) is 11.5. The summed E-state index contributed by atoms with van der Waals surface area (Å²) < 4.78 is 0.847. The smallest absolute Gasteiger partial charge is 0.0478 e. The summed E-state index contributed by atoms with van der Waals surface area (Å²) in [5.41, 5.74) is 0. The molecule has 0 N–H and O–H groups in total. The van der Waals surface area contributed by atoms with E-state index in [2.05, 4.69) is 39.3 Å². The Kier molecular flexibility index (Phi) is 2.86. The van der Waals surface area contributed by atoms with Crippen LogP contribution in [-0.2, 0) is 0 Å². The predicted molar refractivity (Wildman–Crippen MR) is 67.9 cm³/mol. The van der Waals surface area contributed by atoms with Crippen molar-refractivity contribution in [3.63, 3.8) is 0 Å². The molecule has 0 aromatic carbocycles. The fourth-order valence-corrected chi connectivity index (χ4v) is 16.3. The average Bonchev–Trinajstić information content (AvgIpc) is 2.28. The third-order valence-electron chi connectivity index (χ3n) is 4.33. The number of rotatable bonds is 2. The molecule has 0 amide bonds. The molecule has 1 aliphatic rings. The van der Waals surface area contributed by atoms with Crippen molar-refractivity contribution >= 4 is 16.1 Å². The highest BCUT2D eigenvalue weighted by atomic mass is 28.4. The topological polar surface area (TPSA) is 0 Å². The summed E-state index contributed by atoms with van der Waals surface area (Å²) in [6.07, 6.45) is 6.12. The fourth-order valence-electron chi connectivity index (χ4n) is 3.60. The molecule has 0 unspecified atom stereocenters. The Hall–Kier alpha value is 0.434. The number of hydrogen-bond donors (Lipinski definition) is 0. The van der Waals surface area contributed by atoms with Crippen LogP contribution in [0.4, 0.5) is 0 Å². The summed E-state index contributed by atoms with van der Waals surface area (Å²) in [6.45, 7) is 15.6. The Morgan fingerprint density at radius 3 is 1.15 bits per heavy atom. The predicted octanol–water partition coefficient (Wildman–Crippen LogP) is 4.52. The van der Waals surface area contributed by atoms with Gasteiger partial charge in [-0.05, 0) is 4.66 Å². The van der Waals surface area contributed by atoms with Crippen LogP contribution < -0.4 is 0 Å². The van der Waals surface area contributed by atoms with Crippen LogP contribution in [-0.4, -0.2) is 16.1 Å². The van der Waals surface area contributed by atoms with E-state index in [0.29, 0.717) is 0 Å². The molecule has 0 spiro atoms. The minimum absolute atomic E-state index is 0.847. The van der Waals surface area contributed by atoms with Gasteiger partial charge in [-0.3, -0.25) is 0 Å². The van der Waals surface area contributed by atoms with Crippen LogP contribution in [0.5, 0.6) is 0 Å². The molecule has 2 heteroatoms. The van der Waals surface area contributed by atoms with Crippen LogP contribution in [0, 0.1) is 0 Å². The van der Waals surface area contributed by atoms with E-state index in [9.17, 15) is 0 Å². The molecule has 0 aromatic rings. The summed E-state index contributed by atoms with van der Waals surface area (Å²) in [4.78, 5) is 0. The van der Waals surface area contributed by atoms with Crippen molar-refractivity contribution < 1.29 is 0 Å². The van der Waals surface area contributed by atoms with E-state index in [1.54, 1.807) is 12.8 Å². The lowest BCUT2D eigenvalue weighted by atomic mass is 10.3. The third-order valence-corrected chi connectivity index (χ3v) is 15.6. The molecule has 0 atom stereocenters. The molecular formula is C11H26Si2. The second-order valence-electron chi connectivity index (χ2n) is 6.79. The van der Waals surface area contributed by atoms with E-state index in [1.807, 2.05) is 0 Å². The molecule has 0 heterocycles. The van der Waals surface area contributed by atoms with Gasteiger partial charge in [0.1, 0.15) is 0 Å². The van der Waals surface area contributed by atoms with Gasteiger partial charge in [0.25, 0.3) is 0 Å². The maximum Gasteiger partial charge on any atom is 0.0478 e. The molecule has 1 saturated carbocycles. The standard InChI is InChI=1S/C11H26Si2/c1-12(2,3)11(13(4,5)6)9-7-8-10-11/h7-10H2,1-6H3. The highest BCUT2D eigenvalue weighted by Crippen LogP contribution is 2.58. The quantitative estimate of drug-likeness (QED) is 0.593. The highest BCUT2D eigenvalue weighted by Gasteiger charge is 2.53. The van der Waals surface area contributed by atoms with Gasteiger partial charge in [0.05, 0.1) is 0 Å². The summed E-state index contributed by atoms with van der Waals surface area (Å²) in [5, 5.41) is 0. The first-order valence-electron chi connectivity index (χ1n) is 5.71. The van der Waals surface area contributed by atoms with Crippen LogP contribution in [0.15, 0.2) is 0 Å². The zero-order valence-electron chi connectivity index (χ0n) is 10.3. The SMILES string of the molecule is C[Si](C)(C)C1([Si](C)(C)C)CCCC1. The van der Waals surface area contributed by atoms with E-state index < -0.39 is 16.1 Å². The van der Waals surface area contributed by atoms with Gasteiger partial charge in [-0.15, -0.1) is 0 Å². The lowest BCUT2D eigenvalue weighted by molar-refractivity contribution is 0.721. The van der Waals surface area contributed by atoms with Gasteiger partial charge in [0.2, 0.25) is 0 Å². The molecule has 1 fully saturated rings. The zero-order valence-corrected chi connectivity index (χ0v) is 12.3. The fraction of sp³-hybridized carbons (Fsp3) is 1.00. The summed E-state index contributed by atoms with van der Waals surface area (Å²) >= 11 is 0. The maximum atomic E-state index is 2.59. The van der Waals surface area contributed by atoms with Gasteiger partial charge in [-0.25, -0.2) is 0 Å². The second-order valence-corrected chi connectivity index (χ2v) is 18.2. The second kappa shape index (κ2) is 3.23. The molecular weight excluding hydrogens is 188 g/mol. The molecule has 0 saturated heterocycles. The Morgan fingerprint density at radius 2 is 1.00 bits per heavy atom. The summed E-state index contributed by atoms with van der Waals surface area (Å²) in [5.74, 6) is 0. The molecule has 0 radical (unpaired) electrons. The monoisotopic (exact) mass is 214 g/mol. The minimum Gasteiger partial charge on any atom is -0.0694 e. The van der Waals surface area contributed by atoms with E-state index in [1.165, 1.54) is 12.8 Å². The van der Waals surface area contributed by atoms with E-state index in [-0.39, 0.29) is 0 Å². The van der Waals surface area contributed by atoms with Crippen LogP contribution in [0.2, 0.25) is 43.9 Å². The van der Waals surface area contributed by atoms with Gasteiger partial charge in [-0.2, -0.15) is 0 Å². The van der Waals surface area contributed by atoms with E-state index >= 15 is 0 Å².